The van der Waals surface area contributed by atoms with E-state index in [0.717, 1.165) is 29.4 Å². The molecular formula is C25H26N8O7S2. The lowest BCUT2D eigenvalue weighted by Gasteiger charge is -2.23. The van der Waals surface area contributed by atoms with E-state index in [0.29, 0.717) is 11.4 Å². The Balaban J connectivity index is 1.92. The van der Waals surface area contributed by atoms with Crippen molar-refractivity contribution in [2.75, 3.05) is 10.3 Å². The summed E-state index contributed by atoms with van der Waals surface area (Å²) in [6.07, 6.45) is -0.213. The zero-order valence-electron chi connectivity index (χ0n) is 22.7. The second-order valence-electron chi connectivity index (χ2n) is 10.2. The summed E-state index contributed by atoms with van der Waals surface area (Å²) in [7, 11) is -9.73. The van der Waals surface area contributed by atoms with Crippen LogP contribution < -0.4 is 10.3 Å². The number of carbonyl (C=O) groups excluding carboxylic acids is 1. The maximum absolute atomic E-state index is 12.2. The van der Waals surface area contributed by atoms with Crippen LogP contribution in [0.3, 0.4) is 0 Å². The summed E-state index contributed by atoms with van der Waals surface area (Å²) < 4.78 is 68.7. The maximum Gasteiger partial charge on any atom is 0.296 e. The SMILES string of the molecule is CC(=O)Nc1c(/N=N/C2C(C#N)C=NN2c2cc(S(=O)(=O)O)ccc2S(=O)(=O)O)c(C(C)(C)C)nn1-c1ccccc1. The van der Waals surface area contributed by atoms with Crippen molar-refractivity contribution in [3.05, 3.63) is 54.2 Å². The van der Waals surface area contributed by atoms with Crippen molar-refractivity contribution >= 4 is 49.6 Å². The molecule has 1 amide bonds. The van der Waals surface area contributed by atoms with Gasteiger partial charge in [-0.15, -0.1) is 5.11 Å². The Morgan fingerprint density at radius 3 is 2.29 bits per heavy atom. The molecule has 17 heteroatoms. The minimum atomic E-state index is -4.93. The maximum atomic E-state index is 12.2. The van der Waals surface area contributed by atoms with Crippen LogP contribution in [0, 0.1) is 17.2 Å². The Bertz CT molecular complexity index is 1860. The molecule has 0 saturated heterocycles. The van der Waals surface area contributed by atoms with E-state index in [-0.39, 0.29) is 11.5 Å². The van der Waals surface area contributed by atoms with E-state index in [9.17, 15) is 36.0 Å². The lowest BCUT2D eigenvalue weighted by atomic mass is 9.91. The van der Waals surface area contributed by atoms with Crippen molar-refractivity contribution in [3.63, 3.8) is 0 Å². The third kappa shape index (κ3) is 6.21. The van der Waals surface area contributed by atoms with Crippen LogP contribution in [0.25, 0.3) is 5.69 Å². The molecule has 0 spiro atoms. The summed E-state index contributed by atoms with van der Waals surface area (Å²) in [5.74, 6) is -1.36. The zero-order valence-corrected chi connectivity index (χ0v) is 24.4. The minimum Gasteiger partial charge on any atom is -0.309 e. The van der Waals surface area contributed by atoms with Crippen LogP contribution in [0.1, 0.15) is 33.4 Å². The zero-order chi connectivity index (χ0) is 31.0. The van der Waals surface area contributed by atoms with Gasteiger partial charge in [0.25, 0.3) is 20.2 Å². The number of hydrazone groups is 1. The van der Waals surface area contributed by atoms with Gasteiger partial charge in [0.1, 0.15) is 10.8 Å². The van der Waals surface area contributed by atoms with E-state index >= 15 is 0 Å². The van der Waals surface area contributed by atoms with Crippen LogP contribution in [0.15, 0.2) is 73.7 Å². The van der Waals surface area contributed by atoms with Gasteiger partial charge in [0, 0.05) is 18.6 Å². The molecule has 0 aliphatic carbocycles. The van der Waals surface area contributed by atoms with Crippen LogP contribution in [-0.4, -0.2) is 54.0 Å². The van der Waals surface area contributed by atoms with Gasteiger partial charge in [0.2, 0.25) is 5.91 Å². The second kappa shape index (κ2) is 11.1. The van der Waals surface area contributed by atoms with Gasteiger partial charge < -0.3 is 5.32 Å². The number of nitriles is 1. The highest BCUT2D eigenvalue weighted by atomic mass is 32.2. The third-order valence-corrected chi connectivity index (χ3v) is 7.72. The van der Waals surface area contributed by atoms with Crippen LogP contribution >= 0.6 is 0 Å². The first-order chi connectivity index (χ1) is 19.5. The molecule has 3 aromatic rings. The molecular weight excluding hydrogens is 588 g/mol. The van der Waals surface area contributed by atoms with E-state index in [1.165, 1.54) is 11.6 Å². The predicted molar refractivity (Wildman–Crippen MR) is 151 cm³/mol. The van der Waals surface area contributed by atoms with Crippen LogP contribution in [-0.2, 0) is 30.4 Å². The summed E-state index contributed by atoms with van der Waals surface area (Å²) >= 11 is 0. The average Bonchev–Trinajstić information content (AvgIpc) is 3.47. The minimum absolute atomic E-state index is 0.145. The lowest BCUT2D eigenvalue weighted by Crippen LogP contribution is -2.30. The van der Waals surface area contributed by atoms with Gasteiger partial charge in [-0.3, -0.25) is 13.9 Å². The van der Waals surface area contributed by atoms with E-state index in [1.807, 2.05) is 32.9 Å². The second-order valence-corrected chi connectivity index (χ2v) is 13.0. The molecule has 1 aliphatic heterocycles. The van der Waals surface area contributed by atoms with Gasteiger partial charge in [-0.1, -0.05) is 39.0 Å². The molecule has 2 unspecified atom stereocenters. The highest BCUT2D eigenvalue weighted by molar-refractivity contribution is 7.86. The number of azo groups is 1. The number of carbonyl (C=O) groups is 1. The predicted octanol–water partition coefficient (Wildman–Crippen LogP) is 3.68. The molecule has 3 N–H and O–H groups in total. The number of hydrogen-bond acceptors (Lipinski definition) is 11. The molecule has 0 radical (unpaired) electrons. The van der Waals surface area contributed by atoms with E-state index in [2.05, 4.69) is 25.7 Å². The summed E-state index contributed by atoms with van der Waals surface area (Å²) in [4.78, 5) is 10.8. The van der Waals surface area contributed by atoms with Gasteiger partial charge in [-0.2, -0.15) is 37.4 Å². The molecule has 0 fully saturated rings. The van der Waals surface area contributed by atoms with Crippen molar-refractivity contribution in [1.29, 1.82) is 5.26 Å². The summed E-state index contributed by atoms with van der Waals surface area (Å²) in [6, 6.07) is 13.2. The summed E-state index contributed by atoms with van der Waals surface area (Å²) in [5.41, 5.74) is 0.0679. The fourth-order valence-electron chi connectivity index (χ4n) is 4.08. The third-order valence-electron chi connectivity index (χ3n) is 5.97. The molecule has 2 heterocycles. The molecule has 2 aromatic carbocycles. The smallest absolute Gasteiger partial charge is 0.296 e. The van der Waals surface area contributed by atoms with Crippen molar-refractivity contribution in [3.8, 4) is 11.8 Å². The van der Waals surface area contributed by atoms with Crippen LogP contribution in [0.5, 0.6) is 0 Å². The van der Waals surface area contributed by atoms with Crippen LogP contribution in [0.4, 0.5) is 17.2 Å². The highest BCUT2D eigenvalue weighted by Crippen LogP contribution is 2.40. The van der Waals surface area contributed by atoms with Crippen LogP contribution in [0.2, 0.25) is 0 Å². The lowest BCUT2D eigenvalue weighted by molar-refractivity contribution is -0.114. The number of anilines is 2. The molecule has 42 heavy (non-hydrogen) atoms. The Labute approximate surface area is 241 Å². The number of benzene rings is 2. The van der Waals surface area contributed by atoms with Gasteiger partial charge in [-0.05, 0) is 30.3 Å². The molecule has 0 saturated carbocycles. The fourth-order valence-corrected chi connectivity index (χ4v) is 5.24. The summed E-state index contributed by atoms with van der Waals surface area (Å²) in [5, 5.41) is 30.7. The van der Waals surface area contributed by atoms with Gasteiger partial charge in [-0.25, -0.2) is 9.69 Å². The van der Waals surface area contributed by atoms with E-state index in [1.54, 1.807) is 24.3 Å². The molecule has 220 valence electrons. The molecule has 1 aromatic heterocycles. The summed E-state index contributed by atoms with van der Waals surface area (Å²) in [6.45, 7) is 6.90. The van der Waals surface area contributed by atoms with E-state index in [4.69, 9.17) is 0 Å². The number of amides is 1. The quantitative estimate of drug-likeness (QED) is 0.259. The monoisotopic (exact) mass is 614 g/mol. The highest BCUT2D eigenvalue weighted by Gasteiger charge is 2.37. The molecule has 4 rings (SSSR count). The first-order valence-corrected chi connectivity index (χ1v) is 15.1. The van der Waals surface area contributed by atoms with Crippen molar-refractivity contribution < 1.29 is 30.7 Å². The fraction of sp³-hybridized carbons (Fsp3) is 0.280. The number of rotatable bonds is 7. The largest absolute Gasteiger partial charge is 0.309 e. The number of aromatic nitrogens is 2. The average molecular weight is 615 g/mol. The first-order valence-electron chi connectivity index (χ1n) is 12.2. The Kier molecular flexibility index (Phi) is 8.02. The van der Waals surface area contributed by atoms with Gasteiger partial charge >= 0.3 is 0 Å². The number of nitrogens with one attached hydrogen (secondary N) is 1. The normalized spacial score (nSPS) is 17.5. The van der Waals surface area contributed by atoms with E-state index < -0.39 is 59.1 Å². The van der Waals surface area contributed by atoms with Gasteiger partial charge in [0.05, 0.1) is 28.0 Å². The molecule has 1 aliphatic rings. The topological polar surface area (TPSA) is 220 Å². The standard InChI is InChI=1S/C25H26N8O7S2/c1-15(34)28-24-21(22(25(2,3)4)31-32(24)17-8-6-5-7-9-17)29-30-23-16(13-26)14-27-33(23)19-12-18(41(35,36)37)10-11-20(19)42(38,39)40/h5-12,14,16,23H,1-4H3,(H,28,34)(H,35,36,37)(H,38,39,40)/b30-29+. The van der Waals surface area contributed by atoms with Gasteiger partial charge in [0.15, 0.2) is 17.7 Å². The molecule has 2 atom stereocenters. The van der Waals surface area contributed by atoms with Crippen molar-refractivity contribution in [2.45, 2.75) is 49.1 Å². The Morgan fingerprint density at radius 1 is 1.07 bits per heavy atom. The first kappa shape index (κ1) is 30.5. The Morgan fingerprint density at radius 2 is 1.74 bits per heavy atom. The number of para-hydroxylation sites is 1. The van der Waals surface area contributed by atoms with Crippen molar-refractivity contribution in [2.24, 2.45) is 21.2 Å². The number of nitrogens with zero attached hydrogens (tertiary/aromatic N) is 7. The Hall–Kier alpha value is -4.50. The molecule has 15 nitrogen and oxygen atoms in total. The molecule has 0 bridgehead atoms. The van der Waals surface area contributed by atoms with Crippen molar-refractivity contribution in [1.82, 2.24) is 9.78 Å². The number of hydrogen-bond donors (Lipinski definition) is 3.